The second-order valence-electron chi connectivity index (χ2n) is 7.40. The number of likely N-dealkylation sites (N-methyl/N-ethyl adjacent to an activating group) is 1. The Kier molecular flexibility index (Phi) is 4.05. The van der Waals surface area contributed by atoms with Crippen LogP contribution in [-0.2, 0) is 0 Å². The Morgan fingerprint density at radius 2 is 1.94 bits per heavy atom. The van der Waals surface area contributed by atoms with E-state index in [4.69, 9.17) is 5.73 Å². The summed E-state index contributed by atoms with van der Waals surface area (Å²) in [4.78, 5) is 5.19. The Morgan fingerprint density at radius 1 is 1.22 bits per heavy atom. The van der Waals surface area contributed by atoms with Gasteiger partial charge >= 0.3 is 0 Å². The first kappa shape index (κ1) is 14.3. The van der Waals surface area contributed by atoms with Gasteiger partial charge in [0.05, 0.1) is 0 Å². The summed E-state index contributed by atoms with van der Waals surface area (Å²) in [6.07, 6.45) is 5.23. The van der Waals surface area contributed by atoms with Gasteiger partial charge in [0.1, 0.15) is 0 Å². The van der Waals surface area contributed by atoms with Crippen LogP contribution in [-0.4, -0.2) is 54.6 Å². The van der Waals surface area contributed by atoms with E-state index in [2.05, 4.69) is 37.6 Å². The Morgan fingerprint density at radius 3 is 2.50 bits per heavy atom. The maximum absolute atomic E-state index is 6.17. The van der Waals surface area contributed by atoms with Gasteiger partial charge in [-0.25, -0.2) is 0 Å². The van der Waals surface area contributed by atoms with Gasteiger partial charge in [0.2, 0.25) is 0 Å². The zero-order valence-corrected chi connectivity index (χ0v) is 12.7. The molecule has 2 N–H and O–H groups in total. The molecule has 2 unspecified atom stereocenters. The van der Waals surface area contributed by atoms with Crippen molar-refractivity contribution in [1.82, 2.24) is 9.80 Å². The molecule has 0 radical (unpaired) electrons. The number of hydrogen-bond acceptors (Lipinski definition) is 3. The topological polar surface area (TPSA) is 32.5 Å². The molecule has 2 atom stereocenters. The molecule has 0 aromatic carbocycles. The van der Waals surface area contributed by atoms with E-state index in [1.165, 1.54) is 38.8 Å². The lowest BCUT2D eigenvalue weighted by Crippen LogP contribution is -2.55. The predicted molar refractivity (Wildman–Crippen MR) is 77.7 cm³/mol. The Bertz CT molecular complexity index is 277. The molecule has 18 heavy (non-hydrogen) atoms. The average molecular weight is 253 g/mol. The number of likely N-dealkylation sites (tertiary alicyclic amines) is 2. The van der Waals surface area contributed by atoms with Crippen LogP contribution in [0.1, 0.15) is 46.5 Å². The van der Waals surface area contributed by atoms with E-state index in [1.54, 1.807) is 0 Å². The molecule has 0 amide bonds. The summed E-state index contributed by atoms with van der Waals surface area (Å²) < 4.78 is 0. The fraction of sp³-hybridized carbons (Fsp3) is 1.00. The van der Waals surface area contributed by atoms with E-state index in [1.807, 2.05) is 0 Å². The summed E-state index contributed by atoms with van der Waals surface area (Å²) >= 11 is 0. The summed E-state index contributed by atoms with van der Waals surface area (Å²) in [6, 6.07) is 0.671. The number of nitrogens with two attached hydrogens (primary N) is 1. The highest BCUT2D eigenvalue weighted by Gasteiger charge is 2.44. The molecule has 3 nitrogen and oxygen atoms in total. The quantitative estimate of drug-likeness (QED) is 0.816. The highest BCUT2D eigenvalue weighted by Crippen LogP contribution is 2.36. The molecule has 2 aliphatic heterocycles. The van der Waals surface area contributed by atoms with Gasteiger partial charge in [0.25, 0.3) is 0 Å². The molecular formula is C15H31N3. The number of rotatable bonds is 2. The molecule has 0 saturated carbocycles. The third-order valence-electron chi connectivity index (χ3n) is 5.36. The van der Waals surface area contributed by atoms with Crippen molar-refractivity contribution in [1.29, 1.82) is 0 Å². The van der Waals surface area contributed by atoms with Crippen LogP contribution in [0.15, 0.2) is 0 Å². The Hall–Kier alpha value is -0.120. The van der Waals surface area contributed by atoms with Crippen LogP contribution < -0.4 is 5.73 Å². The third kappa shape index (κ3) is 2.73. The molecule has 0 aliphatic carbocycles. The van der Waals surface area contributed by atoms with Crippen molar-refractivity contribution >= 4 is 0 Å². The summed E-state index contributed by atoms with van der Waals surface area (Å²) in [5, 5.41) is 0. The first-order valence-corrected chi connectivity index (χ1v) is 7.54. The average Bonchev–Trinajstić information content (AvgIpc) is 2.48. The maximum Gasteiger partial charge on any atom is 0.0473 e. The molecule has 2 saturated heterocycles. The number of nitrogens with zero attached hydrogens (tertiary/aromatic N) is 2. The SMILES string of the molecule is CC1CC(CN)(N2CCCC(C)(C)CC2)CN1C. The van der Waals surface area contributed by atoms with Gasteiger partial charge in [-0.05, 0) is 58.2 Å². The lowest BCUT2D eigenvalue weighted by atomic mass is 9.85. The molecule has 2 heterocycles. The highest BCUT2D eigenvalue weighted by molar-refractivity contribution is 5.03. The maximum atomic E-state index is 6.17. The lowest BCUT2D eigenvalue weighted by molar-refractivity contribution is 0.102. The van der Waals surface area contributed by atoms with E-state index in [0.717, 1.165) is 13.1 Å². The highest BCUT2D eigenvalue weighted by atomic mass is 15.3. The van der Waals surface area contributed by atoms with Crippen LogP contribution in [0.5, 0.6) is 0 Å². The molecule has 0 aromatic rings. The second kappa shape index (κ2) is 5.10. The fourth-order valence-corrected chi connectivity index (χ4v) is 3.79. The van der Waals surface area contributed by atoms with E-state index in [9.17, 15) is 0 Å². The van der Waals surface area contributed by atoms with Crippen LogP contribution >= 0.6 is 0 Å². The molecule has 0 aromatic heterocycles. The van der Waals surface area contributed by atoms with Gasteiger partial charge < -0.3 is 10.6 Å². The molecule has 2 fully saturated rings. The summed E-state index contributed by atoms with van der Waals surface area (Å²) in [5.41, 5.74) is 6.93. The fourth-order valence-electron chi connectivity index (χ4n) is 3.79. The molecule has 0 bridgehead atoms. The minimum Gasteiger partial charge on any atom is -0.329 e. The van der Waals surface area contributed by atoms with Gasteiger partial charge in [0.15, 0.2) is 0 Å². The smallest absolute Gasteiger partial charge is 0.0473 e. The zero-order chi connectivity index (χ0) is 13.4. The summed E-state index contributed by atoms with van der Waals surface area (Å²) in [5.74, 6) is 0. The van der Waals surface area contributed by atoms with Crippen molar-refractivity contribution in [3.63, 3.8) is 0 Å². The zero-order valence-electron chi connectivity index (χ0n) is 12.7. The minimum absolute atomic E-state index is 0.245. The van der Waals surface area contributed by atoms with Gasteiger partial charge in [-0.1, -0.05) is 13.8 Å². The molecular weight excluding hydrogens is 222 g/mol. The van der Waals surface area contributed by atoms with Crippen LogP contribution in [0.3, 0.4) is 0 Å². The van der Waals surface area contributed by atoms with Gasteiger partial charge in [-0.2, -0.15) is 0 Å². The predicted octanol–water partition coefficient (Wildman–Crippen LogP) is 1.92. The minimum atomic E-state index is 0.245. The van der Waals surface area contributed by atoms with Crippen molar-refractivity contribution in [2.24, 2.45) is 11.1 Å². The Labute approximate surface area is 113 Å². The third-order valence-corrected chi connectivity index (χ3v) is 5.36. The van der Waals surface area contributed by atoms with Crippen molar-refractivity contribution in [3.05, 3.63) is 0 Å². The van der Waals surface area contributed by atoms with Gasteiger partial charge in [-0.3, -0.25) is 4.90 Å². The van der Waals surface area contributed by atoms with Crippen LogP contribution in [0.2, 0.25) is 0 Å². The molecule has 2 rings (SSSR count). The second-order valence-corrected chi connectivity index (χ2v) is 7.40. The largest absolute Gasteiger partial charge is 0.329 e. The summed E-state index contributed by atoms with van der Waals surface area (Å²) in [7, 11) is 2.24. The molecule has 3 heteroatoms. The number of hydrogen-bond donors (Lipinski definition) is 1. The van der Waals surface area contributed by atoms with Crippen molar-refractivity contribution in [3.8, 4) is 0 Å². The molecule has 0 spiro atoms. The molecule has 106 valence electrons. The van der Waals surface area contributed by atoms with E-state index < -0.39 is 0 Å². The summed E-state index contributed by atoms with van der Waals surface area (Å²) in [6.45, 7) is 11.6. The lowest BCUT2D eigenvalue weighted by Gasteiger charge is -2.40. The van der Waals surface area contributed by atoms with Gasteiger partial charge in [-0.15, -0.1) is 0 Å². The monoisotopic (exact) mass is 253 g/mol. The Balaban J connectivity index is 2.09. The van der Waals surface area contributed by atoms with E-state index in [0.29, 0.717) is 11.5 Å². The van der Waals surface area contributed by atoms with E-state index in [-0.39, 0.29) is 5.54 Å². The first-order valence-electron chi connectivity index (χ1n) is 7.54. The van der Waals surface area contributed by atoms with Crippen molar-refractivity contribution in [2.75, 3.05) is 33.2 Å². The molecule has 2 aliphatic rings. The van der Waals surface area contributed by atoms with Crippen molar-refractivity contribution in [2.45, 2.75) is 58.0 Å². The van der Waals surface area contributed by atoms with E-state index >= 15 is 0 Å². The van der Waals surface area contributed by atoms with Crippen LogP contribution in [0.25, 0.3) is 0 Å². The van der Waals surface area contributed by atoms with Crippen LogP contribution in [0, 0.1) is 5.41 Å². The normalized spacial score (nSPS) is 38.8. The van der Waals surface area contributed by atoms with Crippen LogP contribution in [0.4, 0.5) is 0 Å². The standard InChI is InChI=1S/C15H31N3/c1-13-10-15(11-16,12-17(13)4)18-8-5-6-14(2,3)7-9-18/h13H,5-12,16H2,1-4H3. The first-order chi connectivity index (χ1) is 8.38. The van der Waals surface area contributed by atoms with Gasteiger partial charge in [0, 0.05) is 24.7 Å². The van der Waals surface area contributed by atoms with Crippen molar-refractivity contribution < 1.29 is 0 Å².